The fourth-order valence-corrected chi connectivity index (χ4v) is 2.11. The minimum absolute atomic E-state index is 0.0578. The third-order valence-electron chi connectivity index (χ3n) is 3.18. The smallest absolute Gasteiger partial charge is 0.220 e. The van der Waals surface area contributed by atoms with Crippen LogP contribution in [0.1, 0.15) is 31.4 Å². The number of hydrogen-bond donors (Lipinski definition) is 2. The second kappa shape index (κ2) is 5.44. The molecule has 0 spiro atoms. The Morgan fingerprint density at radius 2 is 2.28 bits per heavy atom. The Bertz CT molecular complexity index is 451. The van der Waals surface area contributed by atoms with Crippen LogP contribution in [0, 0.1) is 11.6 Å². The van der Waals surface area contributed by atoms with Crippen LogP contribution in [-0.2, 0) is 4.79 Å². The molecule has 0 aliphatic carbocycles. The molecule has 98 valence electrons. The van der Waals surface area contributed by atoms with Gasteiger partial charge in [0.05, 0.1) is 0 Å². The normalized spacial score (nSPS) is 20.8. The first kappa shape index (κ1) is 13.0. The monoisotopic (exact) mass is 254 g/mol. The highest BCUT2D eigenvalue weighted by atomic mass is 19.1. The summed E-state index contributed by atoms with van der Waals surface area (Å²) in [5, 5.41) is 5.97. The van der Waals surface area contributed by atoms with Crippen LogP contribution in [0.3, 0.4) is 0 Å². The zero-order chi connectivity index (χ0) is 13.1. The first-order chi connectivity index (χ1) is 8.56. The molecule has 1 heterocycles. The second-order valence-electron chi connectivity index (χ2n) is 4.60. The topological polar surface area (TPSA) is 41.1 Å². The number of hydrogen-bond acceptors (Lipinski definition) is 2. The lowest BCUT2D eigenvalue weighted by Crippen LogP contribution is -2.36. The molecule has 3 nitrogen and oxygen atoms in total. The number of rotatable bonds is 4. The largest absolute Gasteiger partial charge is 0.352 e. The molecule has 18 heavy (non-hydrogen) atoms. The van der Waals surface area contributed by atoms with Gasteiger partial charge in [0.2, 0.25) is 5.91 Å². The van der Waals surface area contributed by atoms with Gasteiger partial charge in [-0.2, -0.15) is 0 Å². The third-order valence-corrected chi connectivity index (χ3v) is 3.18. The van der Waals surface area contributed by atoms with Crippen molar-refractivity contribution in [1.29, 1.82) is 0 Å². The van der Waals surface area contributed by atoms with Crippen molar-refractivity contribution in [3.63, 3.8) is 0 Å². The van der Waals surface area contributed by atoms with E-state index in [2.05, 4.69) is 10.6 Å². The van der Waals surface area contributed by atoms with Gasteiger partial charge < -0.3 is 10.6 Å². The highest BCUT2D eigenvalue weighted by molar-refractivity contribution is 5.78. The maximum absolute atomic E-state index is 13.5. The van der Waals surface area contributed by atoms with Gasteiger partial charge in [0.1, 0.15) is 11.6 Å². The lowest BCUT2D eigenvalue weighted by molar-refractivity contribution is -0.119. The zero-order valence-corrected chi connectivity index (χ0v) is 10.2. The van der Waals surface area contributed by atoms with E-state index in [0.717, 1.165) is 12.5 Å². The maximum Gasteiger partial charge on any atom is 0.220 e. The summed E-state index contributed by atoms with van der Waals surface area (Å²) in [5.41, 5.74) is 0.431. The number of benzene rings is 1. The van der Waals surface area contributed by atoms with Gasteiger partial charge in [0.25, 0.3) is 0 Å². The van der Waals surface area contributed by atoms with E-state index >= 15 is 0 Å². The van der Waals surface area contributed by atoms with E-state index < -0.39 is 11.6 Å². The van der Waals surface area contributed by atoms with Gasteiger partial charge in [-0.25, -0.2) is 8.78 Å². The van der Waals surface area contributed by atoms with E-state index in [1.807, 2.05) is 6.92 Å². The molecule has 5 heteroatoms. The molecule has 1 aliphatic rings. The standard InChI is InChI=1S/C13H16F2N2O/c1-8(11-4-2-9(14)6-12(11)15)16-7-10-3-5-13(18)17-10/h2,4,6,8,10,16H,3,5,7H2,1H3,(H,17,18). The maximum atomic E-state index is 13.5. The number of halogens is 2. The summed E-state index contributed by atoms with van der Waals surface area (Å²) in [5.74, 6) is -1.07. The van der Waals surface area contributed by atoms with Gasteiger partial charge in [-0.3, -0.25) is 4.79 Å². The fourth-order valence-electron chi connectivity index (χ4n) is 2.11. The molecule has 1 aliphatic heterocycles. The van der Waals surface area contributed by atoms with Crippen LogP contribution in [0.2, 0.25) is 0 Å². The Morgan fingerprint density at radius 1 is 1.50 bits per heavy atom. The van der Waals surface area contributed by atoms with Crippen LogP contribution in [0.4, 0.5) is 8.78 Å². The molecule has 2 rings (SSSR count). The molecule has 1 saturated heterocycles. The van der Waals surface area contributed by atoms with Gasteiger partial charge in [0, 0.05) is 36.7 Å². The zero-order valence-electron chi connectivity index (χ0n) is 10.2. The number of carbonyl (C=O) groups is 1. The molecule has 1 aromatic rings. The molecule has 1 aromatic carbocycles. The van der Waals surface area contributed by atoms with E-state index in [4.69, 9.17) is 0 Å². The molecular formula is C13H16F2N2O. The molecule has 2 N–H and O–H groups in total. The molecule has 2 atom stereocenters. The van der Waals surface area contributed by atoms with Crippen LogP contribution in [-0.4, -0.2) is 18.5 Å². The Morgan fingerprint density at radius 3 is 2.89 bits per heavy atom. The van der Waals surface area contributed by atoms with Crippen molar-refractivity contribution < 1.29 is 13.6 Å². The van der Waals surface area contributed by atoms with E-state index in [1.165, 1.54) is 12.1 Å². The van der Waals surface area contributed by atoms with Crippen molar-refractivity contribution in [2.24, 2.45) is 0 Å². The van der Waals surface area contributed by atoms with Crippen LogP contribution in [0.15, 0.2) is 18.2 Å². The van der Waals surface area contributed by atoms with E-state index in [-0.39, 0.29) is 18.0 Å². The predicted molar refractivity (Wildman–Crippen MR) is 63.9 cm³/mol. The van der Waals surface area contributed by atoms with Crippen molar-refractivity contribution in [3.8, 4) is 0 Å². The summed E-state index contributed by atoms with van der Waals surface area (Å²) < 4.78 is 26.3. The summed E-state index contributed by atoms with van der Waals surface area (Å²) in [6.07, 6.45) is 1.34. The van der Waals surface area contributed by atoms with Gasteiger partial charge in [0.15, 0.2) is 0 Å². The average molecular weight is 254 g/mol. The molecule has 1 amide bonds. The van der Waals surface area contributed by atoms with Crippen molar-refractivity contribution in [2.45, 2.75) is 31.8 Å². The summed E-state index contributed by atoms with van der Waals surface area (Å²) in [4.78, 5) is 11.0. The number of nitrogens with one attached hydrogen (secondary N) is 2. The van der Waals surface area contributed by atoms with E-state index in [1.54, 1.807) is 0 Å². The lowest BCUT2D eigenvalue weighted by atomic mass is 10.1. The van der Waals surface area contributed by atoms with Gasteiger partial charge >= 0.3 is 0 Å². The van der Waals surface area contributed by atoms with Crippen molar-refractivity contribution in [1.82, 2.24) is 10.6 Å². The number of amides is 1. The van der Waals surface area contributed by atoms with Crippen molar-refractivity contribution >= 4 is 5.91 Å². The van der Waals surface area contributed by atoms with Crippen molar-refractivity contribution in [3.05, 3.63) is 35.4 Å². The highest BCUT2D eigenvalue weighted by Gasteiger charge is 2.21. The van der Waals surface area contributed by atoms with Crippen LogP contribution < -0.4 is 10.6 Å². The Hall–Kier alpha value is -1.49. The van der Waals surface area contributed by atoms with Crippen LogP contribution >= 0.6 is 0 Å². The molecule has 0 radical (unpaired) electrons. The quantitative estimate of drug-likeness (QED) is 0.861. The first-order valence-electron chi connectivity index (χ1n) is 6.04. The minimum atomic E-state index is -0.577. The van der Waals surface area contributed by atoms with Gasteiger partial charge in [-0.05, 0) is 19.4 Å². The lowest BCUT2D eigenvalue weighted by Gasteiger charge is -2.18. The highest BCUT2D eigenvalue weighted by Crippen LogP contribution is 2.18. The summed E-state index contributed by atoms with van der Waals surface area (Å²) in [7, 11) is 0. The molecule has 2 unspecified atom stereocenters. The van der Waals surface area contributed by atoms with Gasteiger partial charge in [-0.1, -0.05) is 6.07 Å². The molecule has 0 bridgehead atoms. The summed E-state index contributed by atoms with van der Waals surface area (Å²) in [6.45, 7) is 2.40. The SMILES string of the molecule is CC(NCC1CCC(=O)N1)c1ccc(F)cc1F. The summed E-state index contributed by atoms with van der Waals surface area (Å²) >= 11 is 0. The average Bonchev–Trinajstić information content (AvgIpc) is 2.72. The molecule has 1 fully saturated rings. The Labute approximate surface area is 105 Å². The Balaban J connectivity index is 1.91. The van der Waals surface area contributed by atoms with Crippen LogP contribution in [0.5, 0.6) is 0 Å². The van der Waals surface area contributed by atoms with Crippen molar-refractivity contribution in [2.75, 3.05) is 6.54 Å². The molecular weight excluding hydrogens is 238 g/mol. The predicted octanol–water partition coefficient (Wildman–Crippen LogP) is 1.89. The third kappa shape index (κ3) is 3.04. The second-order valence-corrected chi connectivity index (χ2v) is 4.60. The van der Waals surface area contributed by atoms with E-state index in [0.29, 0.717) is 18.5 Å². The molecule has 0 saturated carbocycles. The van der Waals surface area contributed by atoms with E-state index in [9.17, 15) is 13.6 Å². The minimum Gasteiger partial charge on any atom is -0.352 e. The molecule has 0 aromatic heterocycles. The van der Waals surface area contributed by atoms with Gasteiger partial charge in [-0.15, -0.1) is 0 Å². The fraction of sp³-hybridized carbons (Fsp3) is 0.462. The number of carbonyl (C=O) groups excluding carboxylic acids is 1. The van der Waals surface area contributed by atoms with Crippen LogP contribution in [0.25, 0.3) is 0 Å². The first-order valence-corrected chi connectivity index (χ1v) is 6.04. The Kier molecular flexibility index (Phi) is 3.91. The summed E-state index contributed by atoms with van der Waals surface area (Å²) in [6, 6.07) is 3.44.